The quantitative estimate of drug-likeness (QED) is 0.185. The van der Waals surface area contributed by atoms with Crippen LogP contribution in [0.4, 0.5) is 17.1 Å². The molecule has 0 saturated carbocycles. The second-order valence-electron chi connectivity index (χ2n) is 12.1. The molecule has 0 unspecified atom stereocenters. The van der Waals surface area contributed by atoms with Crippen LogP contribution < -0.4 is 4.90 Å². The third kappa shape index (κ3) is 4.92. The maximum Gasteiger partial charge on any atom is 0.136 e. The minimum Gasteiger partial charge on any atom is -0.456 e. The molecule has 2 heteroatoms. The fourth-order valence-corrected chi connectivity index (χ4v) is 6.95. The number of anilines is 3. The van der Waals surface area contributed by atoms with Gasteiger partial charge < -0.3 is 9.32 Å². The number of hydrogen-bond acceptors (Lipinski definition) is 2. The molecule has 0 atom stereocenters. The summed E-state index contributed by atoms with van der Waals surface area (Å²) < 4.78 is 6.29. The molecular weight excluding hydrogens is 583 g/mol. The van der Waals surface area contributed by atoms with Crippen LogP contribution in [-0.2, 0) is 0 Å². The van der Waals surface area contributed by atoms with Gasteiger partial charge in [-0.3, -0.25) is 0 Å². The Morgan fingerprint density at radius 2 is 0.854 bits per heavy atom. The molecule has 0 aliphatic rings. The van der Waals surface area contributed by atoms with E-state index < -0.39 is 0 Å². The topological polar surface area (TPSA) is 16.4 Å². The fourth-order valence-electron chi connectivity index (χ4n) is 6.95. The Bertz CT molecular complexity index is 2520. The van der Waals surface area contributed by atoms with Crippen LogP contribution in [0, 0.1) is 0 Å². The largest absolute Gasteiger partial charge is 0.456 e. The summed E-state index contributed by atoms with van der Waals surface area (Å²) in [7, 11) is 0. The van der Waals surface area contributed by atoms with Gasteiger partial charge in [0, 0.05) is 27.7 Å². The van der Waals surface area contributed by atoms with Gasteiger partial charge in [-0.15, -0.1) is 0 Å². The van der Waals surface area contributed by atoms with Crippen molar-refractivity contribution in [2.45, 2.75) is 0 Å². The highest BCUT2D eigenvalue weighted by Gasteiger charge is 2.17. The van der Waals surface area contributed by atoms with Crippen molar-refractivity contribution in [3.63, 3.8) is 0 Å². The molecule has 0 amide bonds. The summed E-state index contributed by atoms with van der Waals surface area (Å²) in [6, 6.07) is 66.9. The third-order valence-electron chi connectivity index (χ3n) is 9.29. The Balaban J connectivity index is 1.14. The molecule has 226 valence electrons. The lowest BCUT2D eigenvalue weighted by Crippen LogP contribution is -2.10. The fraction of sp³-hybridized carbons (Fsp3) is 0. The third-order valence-corrected chi connectivity index (χ3v) is 9.29. The highest BCUT2D eigenvalue weighted by molar-refractivity contribution is 6.00. The van der Waals surface area contributed by atoms with Crippen molar-refractivity contribution >= 4 is 49.6 Å². The average Bonchev–Trinajstić information content (AvgIpc) is 3.60. The molecule has 0 fully saturated rings. The second kappa shape index (κ2) is 11.8. The summed E-state index contributed by atoms with van der Waals surface area (Å²) >= 11 is 0. The number of benzene rings is 8. The van der Waals surface area contributed by atoms with Crippen LogP contribution in [0.1, 0.15) is 0 Å². The van der Waals surface area contributed by atoms with E-state index in [9.17, 15) is 0 Å². The van der Waals surface area contributed by atoms with Gasteiger partial charge in [0.05, 0.1) is 5.69 Å². The summed E-state index contributed by atoms with van der Waals surface area (Å²) in [5.41, 5.74) is 10.0. The van der Waals surface area contributed by atoms with Gasteiger partial charge in [0.1, 0.15) is 11.3 Å². The first-order chi connectivity index (χ1) is 23.8. The Hall–Kier alpha value is -6.38. The molecule has 1 heterocycles. The van der Waals surface area contributed by atoms with Crippen molar-refractivity contribution in [1.82, 2.24) is 0 Å². The molecule has 0 radical (unpaired) electrons. The normalized spacial score (nSPS) is 11.3. The first kappa shape index (κ1) is 27.9. The van der Waals surface area contributed by atoms with Crippen molar-refractivity contribution in [2.24, 2.45) is 0 Å². The zero-order valence-electron chi connectivity index (χ0n) is 26.3. The van der Waals surface area contributed by atoms with Gasteiger partial charge in [0.25, 0.3) is 0 Å². The van der Waals surface area contributed by atoms with E-state index in [1.807, 2.05) is 18.2 Å². The molecule has 9 aromatic rings. The van der Waals surface area contributed by atoms with Crippen molar-refractivity contribution in [2.75, 3.05) is 4.90 Å². The molecule has 2 nitrogen and oxygen atoms in total. The first-order valence-corrected chi connectivity index (χ1v) is 16.3. The van der Waals surface area contributed by atoms with Gasteiger partial charge >= 0.3 is 0 Å². The van der Waals surface area contributed by atoms with Gasteiger partial charge in [-0.25, -0.2) is 0 Å². The standard InChI is InChI=1S/C46H31NO/c1-4-16-39-32(11-1)14-9-20-40(39)34-23-27-37(28-24-34)47(44-21-10-15-33-12-2-5-18-42(33)44)38-29-25-35(26-30-38)41-17-6-7-19-43(41)46-31-36-13-3-8-22-45(36)48-46/h1-31H. The van der Waals surface area contributed by atoms with Crippen LogP contribution in [0.3, 0.4) is 0 Å². The van der Waals surface area contributed by atoms with Crippen LogP contribution in [0.25, 0.3) is 66.1 Å². The lowest BCUT2D eigenvalue weighted by atomic mass is 9.97. The Morgan fingerprint density at radius 3 is 1.56 bits per heavy atom. The van der Waals surface area contributed by atoms with Gasteiger partial charge in [-0.2, -0.15) is 0 Å². The van der Waals surface area contributed by atoms with Crippen LogP contribution in [0.15, 0.2) is 192 Å². The van der Waals surface area contributed by atoms with Crippen molar-refractivity contribution < 1.29 is 4.42 Å². The van der Waals surface area contributed by atoms with E-state index in [2.05, 4.69) is 175 Å². The van der Waals surface area contributed by atoms with E-state index in [1.165, 1.54) is 32.7 Å². The smallest absolute Gasteiger partial charge is 0.136 e. The summed E-state index contributed by atoms with van der Waals surface area (Å²) in [4.78, 5) is 2.37. The maximum absolute atomic E-state index is 6.29. The molecule has 0 N–H and O–H groups in total. The Morgan fingerprint density at radius 1 is 0.354 bits per heavy atom. The first-order valence-electron chi connectivity index (χ1n) is 16.3. The van der Waals surface area contributed by atoms with E-state index in [0.29, 0.717) is 0 Å². The lowest BCUT2D eigenvalue weighted by molar-refractivity contribution is 0.632. The molecule has 0 spiro atoms. The SMILES string of the molecule is c1ccc(-c2cc3ccccc3o2)c(-c2ccc(N(c3ccc(-c4cccc5ccccc45)cc3)c3cccc4ccccc34)cc2)c1. The molecule has 8 aromatic carbocycles. The predicted octanol–water partition coefficient (Wildman–Crippen LogP) is 13.2. The minimum absolute atomic E-state index is 0.875. The zero-order valence-corrected chi connectivity index (χ0v) is 26.3. The number of nitrogens with zero attached hydrogens (tertiary/aromatic N) is 1. The van der Waals surface area contributed by atoms with Crippen LogP contribution >= 0.6 is 0 Å². The number of rotatable bonds is 6. The molecular formula is C46H31NO. The van der Waals surface area contributed by atoms with Crippen LogP contribution in [-0.4, -0.2) is 0 Å². The molecule has 0 bridgehead atoms. The second-order valence-corrected chi connectivity index (χ2v) is 12.1. The summed E-state index contributed by atoms with van der Waals surface area (Å²) in [5.74, 6) is 0.875. The van der Waals surface area contributed by atoms with E-state index in [1.54, 1.807) is 0 Å². The monoisotopic (exact) mass is 613 g/mol. The van der Waals surface area contributed by atoms with Gasteiger partial charge in [-0.05, 0) is 80.9 Å². The zero-order chi connectivity index (χ0) is 31.9. The number of hydrogen-bond donors (Lipinski definition) is 0. The van der Waals surface area contributed by atoms with E-state index in [0.717, 1.165) is 50.5 Å². The van der Waals surface area contributed by atoms with Gasteiger partial charge in [0.2, 0.25) is 0 Å². The molecule has 9 rings (SSSR count). The Labute approximate surface area is 279 Å². The summed E-state index contributed by atoms with van der Waals surface area (Å²) in [6.45, 7) is 0. The predicted molar refractivity (Wildman–Crippen MR) is 202 cm³/mol. The van der Waals surface area contributed by atoms with Crippen molar-refractivity contribution in [1.29, 1.82) is 0 Å². The molecule has 0 saturated heterocycles. The molecule has 0 aliphatic carbocycles. The van der Waals surface area contributed by atoms with E-state index in [-0.39, 0.29) is 0 Å². The highest BCUT2D eigenvalue weighted by atomic mass is 16.3. The number of para-hydroxylation sites is 1. The van der Waals surface area contributed by atoms with E-state index in [4.69, 9.17) is 4.42 Å². The van der Waals surface area contributed by atoms with Crippen LogP contribution in [0.5, 0.6) is 0 Å². The van der Waals surface area contributed by atoms with Crippen LogP contribution in [0.2, 0.25) is 0 Å². The summed E-state index contributed by atoms with van der Waals surface area (Å²) in [5, 5.41) is 6.03. The van der Waals surface area contributed by atoms with E-state index >= 15 is 0 Å². The lowest BCUT2D eigenvalue weighted by Gasteiger charge is -2.27. The van der Waals surface area contributed by atoms with Gasteiger partial charge in [0.15, 0.2) is 0 Å². The summed E-state index contributed by atoms with van der Waals surface area (Å²) in [6.07, 6.45) is 0. The molecule has 48 heavy (non-hydrogen) atoms. The maximum atomic E-state index is 6.29. The number of fused-ring (bicyclic) bond motifs is 3. The van der Waals surface area contributed by atoms with Gasteiger partial charge in [-0.1, -0.05) is 146 Å². The van der Waals surface area contributed by atoms with Crippen molar-refractivity contribution in [3.05, 3.63) is 188 Å². The molecule has 1 aromatic heterocycles. The molecule has 0 aliphatic heterocycles. The Kier molecular flexibility index (Phi) is 6.84. The number of furan rings is 1. The highest BCUT2D eigenvalue weighted by Crippen LogP contribution is 2.42. The van der Waals surface area contributed by atoms with Crippen molar-refractivity contribution in [3.8, 4) is 33.6 Å². The average molecular weight is 614 g/mol. The minimum atomic E-state index is 0.875.